The molecule has 0 saturated carbocycles. The molecule has 0 amide bonds. The molecule has 0 bridgehead atoms. The summed E-state index contributed by atoms with van der Waals surface area (Å²) in [6, 6.07) is 11.4. The zero-order valence-electron chi connectivity index (χ0n) is 15.4. The minimum absolute atomic E-state index is 0.412. The maximum atomic E-state index is 5.38. The van der Waals surface area contributed by atoms with Crippen LogP contribution in [0.25, 0.3) is 0 Å². The van der Waals surface area contributed by atoms with Crippen molar-refractivity contribution in [1.82, 2.24) is 9.97 Å². The highest BCUT2D eigenvalue weighted by Crippen LogP contribution is 2.40. The van der Waals surface area contributed by atoms with E-state index in [4.69, 9.17) is 14.2 Å². The number of hydrogen-bond acceptors (Lipinski definition) is 7. The van der Waals surface area contributed by atoms with Crippen LogP contribution >= 0.6 is 31.9 Å². The third-order valence-electron chi connectivity index (χ3n) is 3.75. The summed E-state index contributed by atoms with van der Waals surface area (Å²) in [5.41, 5.74) is 1.60. The Morgan fingerprint density at radius 3 is 2.18 bits per heavy atom. The van der Waals surface area contributed by atoms with E-state index in [0.29, 0.717) is 34.7 Å². The van der Waals surface area contributed by atoms with Gasteiger partial charge in [-0.3, -0.25) is 0 Å². The Labute approximate surface area is 179 Å². The first-order valence-electron chi connectivity index (χ1n) is 8.16. The molecule has 2 aromatic carbocycles. The number of nitrogens with one attached hydrogen (secondary N) is 2. The van der Waals surface area contributed by atoms with Crippen molar-refractivity contribution in [2.75, 3.05) is 32.0 Å². The minimum atomic E-state index is 0.412. The second-order valence-corrected chi connectivity index (χ2v) is 7.33. The number of aromatic nitrogens is 2. The van der Waals surface area contributed by atoms with E-state index < -0.39 is 0 Å². The molecular formula is C19H18Br2N4O3. The van der Waals surface area contributed by atoms with Gasteiger partial charge in [0, 0.05) is 34.2 Å². The van der Waals surface area contributed by atoms with E-state index in [-0.39, 0.29) is 0 Å². The van der Waals surface area contributed by atoms with Crippen LogP contribution in [0.4, 0.5) is 23.1 Å². The highest BCUT2D eigenvalue weighted by atomic mass is 79.9. The maximum absolute atomic E-state index is 5.38. The van der Waals surface area contributed by atoms with Crippen LogP contribution in [0, 0.1) is 0 Å². The molecule has 3 rings (SSSR count). The Bertz CT molecular complexity index is 960. The number of methoxy groups -OCH3 is 3. The van der Waals surface area contributed by atoms with Crippen molar-refractivity contribution in [1.29, 1.82) is 0 Å². The lowest BCUT2D eigenvalue weighted by Crippen LogP contribution is -2.03. The van der Waals surface area contributed by atoms with Gasteiger partial charge in [-0.15, -0.1) is 0 Å². The van der Waals surface area contributed by atoms with Gasteiger partial charge in [-0.25, -0.2) is 4.98 Å². The summed E-state index contributed by atoms with van der Waals surface area (Å²) in [7, 11) is 4.69. The topological polar surface area (TPSA) is 77.5 Å². The molecule has 0 atom stereocenters. The van der Waals surface area contributed by atoms with Crippen LogP contribution in [0.5, 0.6) is 17.2 Å². The predicted octanol–water partition coefficient (Wildman–Crippen LogP) is 5.51. The third-order valence-corrected chi connectivity index (χ3v) is 4.83. The summed E-state index contributed by atoms with van der Waals surface area (Å²) in [4.78, 5) is 8.85. The lowest BCUT2D eigenvalue weighted by molar-refractivity contribution is 0.324. The zero-order valence-corrected chi connectivity index (χ0v) is 18.6. The van der Waals surface area contributed by atoms with Crippen molar-refractivity contribution in [3.63, 3.8) is 0 Å². The van der Waals surface area contributed by atoms with Gasteiger partial charge in [0.25, 0.3) is 0 Å². The molecule has 7 nitrogen and oxygen atoms in total. The number of benzene rings is 2. The van der Waals surface area contributed by atoms with Crippen molar-refractivity contribution in [3.8, 4) is 17.2 Å². The summed E-state index contributed by atoms with van der Waals surface area (Å²) < 4.78 is 17.8. The van der Waals surface area contributed by atoms with Crippen molar-refractivity contribution in [2.45, 2.75) is 0 Å². The van der Waals surface area contributed by atoms with E-state index in [1.54, 1.807) is 39.7 Å². The van der Waals surface area contributed by atoms with E-state index in [9.17, 15) is 0 Å². The first-order chi connectivity index (χ1) is 13.5. The fraction of sp³-hybridized carbons (Fsp3) is 0.158. The van der Waals surface area contributed by atoms with Gasteiger partial charge in [-0.2, -0.15) is 4.98 Å². The van der Waals surface area contributed by atoms with Gasteiger partial charge >= 0.3 is 0 Å². The number of hydrogen-bond donors (Lipinski definition) is 2. The number of ether oxygens (including phenoxy) is 3. The number of halogens is 2. The van der Waals surface area contributed by atoms with Gasteiger partial charge in [0.15, 0.2) is 11.5 Å². The van der Waals surface area contributed by atoms with Crippen molar-refractivity contribution >= 4 is 55.0 Å². The quantitative estimate of drug-likeness (QED) is 0.434. The smallest absolute Gasteiger partial charge is 0.229 e. The lowest BCUT2D eigenvalue weighted by atomic mass is 10.2. The van der Waals surface area contributed by atoms with Crippen molar-refractivity contribution in [2.24, 2.45) is 0 Å². The average molecular weight is 510 g/mol. The van der Waals surface area contributed by atoms with E-state index in [1.165, 1.54) is 0 Å². The van der Waals surface area contributed by atoms with Crippen molar-refractivity contribution in [3.05, 3.63) is 51.5 Å². The van der Waals surface area contributed by atoms with Gasteiger partial charge in [-0.05, 0) is 34.1 Å². The molecule has 3 aromatic rings. The van der Waals surface area contributed by atoms with Gasteiger partial charge in [0.1, 0.15) is 5.82 Å². The molecule has 0 spiro atoms. The Morgan fingerprint density at radius 1 is 0.857 bits per heavy atom. The summed E-state index contributed by atoms with van der Waals surface area (Å²) in [6.45, 7) is 0. The van der Waals surface area contributed by atoms with Gasteiger partial charge in [0.2, 0.25) is 11.7 Å². The molecule has 0 saturated heterocycles. The molecule has 0 aliphatic carbocycles. The van der Waals surface area contributed by atoms with Gasteiger partial charge in [0.05, 0.1) is 25.8 Å². The highest BCUT2D eigenvalue weighted by Gasteiger charge is 2.14. The van der Waals surface area contributed by atoms with Gasteiger partial charge in [-0.1, -0.05) is 22.0 Å². The van der Waals surface area contributed by atoms with E-state index in [1.807, 2.05) is 24.3 Å². The van der Waals surface area contributed by atoms with E-state index in [2.05, 4.69) is 52.5 Å². The first kappa shape index (κ1) is 20.2. The largest absolute Gasteiger partial charge is 0.493 e. The van der Waals surface area contributed by atoms with Crippen LogP contribution < -0.4 is 24.8 Å². The summed E-state index contributed by atoms with van der Waals surface area (Å²) >= 11 is 6.93. The van der Waals surface area contributed by atoms with Crippen LogP contribution in [0.15, 0.2) is 51.5 Å². The van der Waals surface area contributed by atoms with Crippen LogP contribution in [0.3, 0.4) is 0 Å². The normalized spacial score (nSPS) is 10.3. The van der Waals surface area contributed by atoms with E-state index >= 15 is 0 Å². The Balaban J connectivity index is 1.89. The summed E-state index contributed by atoms with van der Waals surface area (Å²) in [5, 5.41) is 6.43. The fourth-order valence-corrected chi connectivity index (χ4v) is 3.19. The fourth-order valence-electron chi connectivity index (χ4n) is 2.50. The molecule has 0 radical (unpaired) electrons. The molecular weight excluding hydrogens is 492 g/mol. The molecule has 1 aromatic heterocycles. The molecule has 2 N–H and O–H groups in total. The molecule has 1 heterocycles. The van der Waals surface area contributed by atoms with Crippen LogP contribution in [-0.2, 0) is 0 Å². The predicted molar refractivity (Wildman–Crippen MR) is 117 cm³/mol. The maximum Gasteiger partial charge on any atom is 0.229 e. The number of rotatable bonds is 7. The first-order valence-corrected chi connectivity index (χ1v) is 9.74. The van der Waals surface area contributed by atoms with Crippen molar-refractivity contribution < 1.29 is 14.2 Å². The van der Waals surface area contributed by atoms with Crippen LogP contribution in [0.1, 0.15) is 0 Å². The molecule has 0 fully saturated rings. The summed E-state index contributed by atoms with van der Waals surface area (Å²) in [6.07, 6.45) is 1.67. The Hall–Kier alpha value is -2.52. The SMILES string of the molecule is COc1cc(Nc2ncc(Br)c(Nc3cccc(Br)c3)n2)cc(OC)c1OC. The molecule has 0 aliphatic heterocycles. The molecule has 0 aliphatic rings. The summed E-state index contributed by atoms with van der Waals surface area (Å²) in [5.74, 6) is 2.63. The Morgan fingerprint density at radius 2 is 1.57 bits per heavy atom. The van der Waals surface area contributed by atoms with Crippen LogP contribution in [-0.4, -0.2) is 31.3 Å². The zero-order chi connectivity index (χ0) is 20.1. The van der Waals surface area contributed by atoms with Gasteiger partial charge < -0.3 is 24.8 Å². The molecule has 146 valence electrons. The molecule has 0 unspecified atom stereocenters. The number of nitrogens with zero attached hydrogens (tertiary/aromatic N) is 2. The van der Waals surface area contributed by atoms with Crippen LogP contribution in [0.2, 0.25) is 0 Å². The second kappa shape index (κ2) is 9.11. The Kier molecular flexibility index (Phi) is 6.58. The second-order valence-electron chi connectivity index (χ2n) is 5.56. The third kappa shape index (κ3) is 4.66. The molecule has 28 heavy (non-hydrogen) atoms. The lowest BCUT2D eigenvalue weighted by Gasteiger charge is -2.15. The monoisotopic (exact) mass is 508 g/mol. The minimum Gasteiger partial charge on any atom is -0.493 e. The molecule has 9 heteroatoms. The highest BCUT2D eigenvalue weighted by molar-refractivity contribution is 9.10. The average Bonchev–Trinajstić information content (AvgIpc) is 2.69. The standard InChI is InChI=1S/C19H18Br2N4O3/c1-26-15-8-13(9-16(27-2)17(15)28-3)24-19-22-10-14(21)18(25-19)23-12-6-4-5-11(20)7-12/h4-10H,1-3H3,(H2,22,23,24,25). The van der Waals surface area contributed by atoms with E-state index in [0.717, 1.165) is 14.6 Å². The number of anilines is 4.